The van der Waals surface area contributed by atoms with Gasteiger partial charge in [0.05, 0.1) is 6.54 Å². The largest absolute Gasteiger partial charge is 0.376 e. The van der Waals surface area contributed by atoms with Gasteiger partial charge in [0.1, 0.15) is 0 Å². The summed E-state index contributed by atoms with van der Waals surface area (Å²) < 4.78 is 0. The van der Waals surface area contributed by atoms with Crippen LogP contribution in [-0.2, 0) is 9.59 Å². The number of anilines is 2. The van der Waals surface area contributed by atoms with Crippen molar-refractivity contribution in [2.45, 2.75) is 51.5 Å². The zero-order valence-corrected chi connectivity index (χ0v) is 14.1. The van der Waals surface area contributed by atoms with Crippen LogP contribution in [0.2, 0.25) is 0 Å². The Bertz CT molecular complexity index is 522. The Hall–Kier alpha value is -2.04. The lowest BCUT2D eigenvalue weighted by atomic mass is 9.94. The number of carbonyl (C=O) groups excluding carboxylic acids is 2. The van der Waals surface area contributed by atoms with Crippen molar-refractivity contribution in [2.75, 3.05) is 24.2 Å². The maximum atomic E-state index is 12.3. The van der Waals surface area contributed by atoms with E-state index in [4.69, 9.17) is 0 Å². The van der Waals surface area contributed by atoms with Crippen LogP contribution in [0.3, 0.4) is 0 Å². The second kappa shape index (κ2) is 8.56. The minimum Gasteiger partial charge on any atom is -0.376 e. The van der Waals surface area contributed by atoms with E-state index in [9.17, 15) is 9.59 Å². The molecule has 0 aliphatic heterocycles. The van der Waals surface area contributed by atoms with Crippen LogP contribution in [-0.4, -0.2) is 36.3 Å². The van der Waals surface area contributed by atoms with Crippen LogP contribution in [0.15, 0.2) is 24.3 Å². The molecule has 0 aromatic heterocycles. The van der Waals surface area contributed by atoms with Crippen LogP contribution in [0, 0.1) is 0 Å². The second-order valence-corrected chi connectivity index (χ2v) is 6.13. The highest BCUT2D eigenvalue weighted by Gasteiger charge is 2.21. The van der Waals surface area contributed by atoms with Gasteiger partial charge >= 0.3 is 0 Å². The lowest BCUT2D eigenvalue weighted by Crippen LogP contribution is -2.41. The highest BCUT2D eigenvalue weighted by atomic mass is 16.2. The molecule has 0 spiro atoms. The Balaban J connectivity index is 1.80. The Labute approximate surface area is 138 Å². The number of amides is 2. The average molecular weight is 317 g/mol. The first-order valence-electron chi connectivity index (χ1n) is 8.49. The Morgan fingerprint density at radius 2 is 1.70 bits per heavy atom. The molecule has 1 aliphatic carbocycles. The number of hydrogen-bond acceptors (Lipinski definition) is 3. The Kier molecular flexibility index (Phi) is 6.44. The lowest BCUT2D eigenvalue weighted by Gasteiger charge is -2.31. The molecule has 1 aromatic rings. The van der Waals surface area contributed by atoms with E-state index in [0.29, 0.717) is 19.0 Å². The van der Waals surface area contributed by atoms with E-state index >= 15 is 0 Å². The van der Waals surface area contributed by atoms with Crippen molar-refractivity contribution < 1.29 is 9.59 Å². The van der Waals surface area contributed by atoms with Gasteiger partial charge in [-0.2, -0.15) is 0 Å². The van der Waals surface area contributed by atoms with E-state index in [2.05, 4.69) is 10.6 Å². The molecule has 5 nitrogen and oxygen atoms in total. The summed E-state index contributed by atoms with van der Waals surface area (Å²) in [5.74, 6) is 0.121. The summed E-state index contributed by atoms with van der Waals surface area (Å²) >= 11 is 0. The zero-order chi connectivity index (χ0) is 16.7. The smallest absolute Gasteiger partial charge is 0.241 e. The Morgan fingerprint density at radius 3 is 2.30 bits per heavy atom. The number of nitrogens with one attached hydrogen (secondary N) is 2. The van der Waals surface area contributed by atoms with Gasteiger partial charge in [-0.3, -0.25) is 9.59 Å². The molecular weight excluding hydrogens is 290 g/mol. The van der Waals surface area contributed by atoms with E-state index in [1.165, 1.54) is 19.3 Å². The molecule has 1 saturated carbocycles. The van der Waals surface area contributed by atoms with Crippen molar-refractivity contribution in [3.8, 4) is 0 Å². The van der Waals surface area contributed by atoms with Crippen LogP contribution >= 0.6 is 0 Å². The molecule has 0 radical (unpaired) electrons. The molecule has 5 heteroatoms. The van der Waals surface area contributed by atoms with Crippen molar-refractivity contribution in [3.05, 3.63) is 24.3 Å². The van der Waals surface area contributed by atoms with Crippen molar-refractivity contribution in [1.29, 1.82) is 0 Å². The highest BCUT2D eigenvalue weighted by Crippen LogP contribution is 2.21. The molecule has 2 rings (SSSR count). The lowest BCUT2D eigenvalue weighted by molar-refractivity contribution is -0.130. The topological polar surface area (TPSA) is 61.4 Å². The van der Waals surface area contributed by atoms with Crippen LogP contribution in [0.4, 0.5) is 11.4 Å². The summed E-state index contributed by atoms with van der Waals surface area (Å²) in [6.07, 6.45) is 6.43. The molecule has 0 heterocycles. The third-order valence-electron chi connectivity index (χ3n) is 4.45. The standard InChI is InChI=1S/C18H27N3O2/c1-3-17(22)20-15-11-9-14(10-12-15)19-13-18(23)21(2)16-7-5-4-6-8-16/h9-12,16,19H,3-8,13H2,1-2H3,(H,20,22). The molecule has 1 aliphatic rings. The Morgan fingerprint density at radius 1 is 1.09 bits per heavy atom. The van der Waals surface area contributed by atoms with Gasteiger partial charge in [0.2, 0.25) is 11.8 Å². The molecule has 0 unspecified atom stereocenters. The molecule has 0 bridgehead atoms. The molecular formula is C18H27N3O2. The molecule has 0 atom stereocenters. The first-order valence-corrected chi connectivity index (χ1v) is 8.49. The minimum atomic E-state index is -0.00464. The van der Waals surface area contributed by atoms with Crippen molar-refractivity contribution in [2.24, 2.45) is 0 Å². The van der Waals surface area contributed by atoms with Crippen LogP contribution in [0.1, 0.15) is 45.4 Å². The molecule has 23 heavy (non-hydrogen) atoms. The first kappa shape index (κ1) is 17.3. The quantitative estimate of drug-likeness (QED) is 0.847. The summed E-state index contributed by atoms with van der Waals surface area (Å²) in [7, 11) is 1.91. The number of hydrogen-bond donors (Lipinski definition) is 2. The summed E-state index contributed by atoms with van der Waals surface area (Å²) in [6, 6.07) is 7.82. The summed E-state index contributed by atoms with van der Waals surface area (Å²) in [5, 5.41) is 5.96. The van der Waals surface area contributed by atoms with Gasteiger partial charge in [0.25, 0.3) is 0 Å². The van der Waals surface area contributed by atoms with E-state index in [-0.39, 0.29) is 11.8 Å². The van der Waals surface area contributed by atoms with Gasteiger partial charge in [-0.25, -0.2) is 0 Å². The van der Waals surface area contributed by atoms with Gasteiger partial charge in [-0.15, -0.1) is 0 Å². The van der Waals surface area contributed by atoms with E-state index in [1.54, 1.807) is 0 Å². The van der Waals surface area contributed by atoms with E-state index < -0.39 is 0 Å². The first-order chi connectivity index (χ1) is 11.1. The predicted octanol–water partition coefficient (Wildman–Crippen LogP) is 3.24. The van der Waals surface area contributed by atoms with Gasteiger partial charge < -0.3 is 15.5 Å². The zero-order valence-electron chi connectivity index (χ0n) is 14.1. The third-order valence-corrected chi connectivity index (χ3v) is 4.45. The van der Waals surface area contributed by atoms with Crippen molar-refractivity contribution in [3.63, 3.8) is 0 Å². The number of carbonyl (C=O) groups is 2. The molecule has 2 N–H and O–H groups in total. The fraction of sp³-hybridized carbons (Fsp3) is 0.556. The SMILES string of the molecule is CCC(=O)Nc1ccc(NCC(=O)N(C)C2CCCCC2)cc1. The third kappa shape index (κ3) is 5.27. The van der Waals surface area contributed by atoms with E-state index in [0.717, 1.165) is 24.2 Å². The highest BCUT2D eigenvalue weighted by molar-refractivity contribution is 5.90. The molecule has 0 saturated heterocycles. The summed E-state index contributed by atoms with van der Waals surface area (Å²) in [6.45, 7) is 2.12. The average Bonchev–Trinajstić information content (AvgIpc) is 2.60. The molecule has 2 amide bonds. The molecule has 1 aromatic carbocycles. The fourth-order valence-electron chi connectivity index (χ4n) is 2.90. The normalized spacial score (nSPS) is 15.0. The number of nitrogens with zero attached hydrogens (tertiary/aromatic N) is 1. The van der Waals surface area contributed by atoms with Gasteiger partial charge in [-0.1, -0.05) is 26.2 Å². The van der Waals surface area contributed by atoms with Gasteiger partial charge in [0.15, 0.2) is 0 Å². The maximum absolute atomic E-state index is 12.3. The van der Waals surface area contributed by atoms with Gasteiger partial charge in [-0.05, 0) is 37.1 Å². The number of rotatable bonds is 6. The van der Waals surface area contributed by atoms with E-state index in [1.807, 2.05) is 43.1 Å². The second-order valence-electron chi connectivity index (χ2n) is 6.13. The predicted molar refractivity (Wildman–Crippen MR) is 93.5 cm³/mol. The molecule has 126 valence electrons. The van der Waals surface area contributed by atoms with Crippen LogP contribution in [0.5, 0.6) is 0 Å². The minimum absolute atomic E-state index is 0.00464. The summed E-state index contributed by atoms with van der Waals surface area (Å²) in [5.41, 5.74) is 1.65. The van der Waals surface area contributed by atoms with Crippen molar-refractivity contribution >= 4 is 23.2 Å². The van der Waals surface area contributed by atoms with Crippen LogP contribution in [0.25, 0.3) is 0 Å². The number of likely N-dealkylation sites (N-methyl/N-ethyl adjacent to an activating group) is 1. The van der Waals surface area contributed by atoms with Gasteiger partial charge in [0, 0.05) is 30.9 Å². The van der Waals surface area contributed by atoms with Crippen molar-refractivity contribution in [1.82, 2.24) is 4.90 Å². The molecule has 1 fully saturated rings. The maximum Gasteiger partial charge on any atom is 0.241 e. The van der Waals surface area contributed by atoms with Crippen LogP contribution < -0.4 is 10.6 Å². The number of benzene rings is 1. The monoisotopic (exact) mass is 317 g/mol. The fourth-order valence-corrected chi connectivity index (χ4v) is 2.90. The summed E-state index contributed by atoms with van der Waals surface area (Å²) in [4.78, 5) is 25.5.